The van der Waals surface area contributed by atoms with Gasteiger partial charge in [-0.05, 0) is 36.0 Å². The highest BCUT2D eigenvalue weighted by Crippen LogP contribution is 2.39. The lowest BCUT2D eigenvalue weighted by atomic mass is 9.90. The molecule has 2 heteroatoms. The number of hydrogen-bond donors (Lipinski definition) is 2. The molecule has 20 heavy (non-hydrogen) atoms. The Morgan fingerprint density at radius 1 is 0.750 bits per heavy atom. The summed E-state index contributed by atoms with van der Waals surface area (Å²) in [5.74, 6) is 0.355. The zero-order valence-corrected chi connectivity index (χ0v) is 12.4. The molecule has 0 saturated carbocycles. The SMILES string of the molecule is CCc1ccc(-c2c(CC)c(O)cc(O)c2CC)cc1. The summed E-state index contributed by atoms with van der Waals surface area (Å²) in [6, 6.07) is 9.82. The van der Waals surface area contributed by atoms with Crippen LogP contribution in [0.2, 0.25) is 0 Å². The van der Waals surface area contributed by atoms with E-state index in [-0.39, 0.29) is 11.5 Å². The Kier molecular flexibility index (Phi) is 4.33. The Morgan fingerprint density at radius 2 is 1.25 bits per heavy atom. The van der Waals surface area contributed by atoms with Gasteiger partial charge in [-0.1, -0.05) is 45.0 Å². The van der Waals surface area contributed by atoms with Crippen molar-refractivity contribution in [2.45, 2.75) is 40.0 Å². The molecule has 0 aromatic heterocycles. The lowest BCUT2D eigenvalue weighted by Crippen LogP contribution is -1.96. The van der Waals surface area contributed by atoms with Crippen LogP contribution < -0.4 is 0 Å². The van der Waals surface area contributed by atoms with Gasteiger partial charge in [0.1, 0.15) is 11.5 Å². The van der Waals surface area contributed by atoms with Gasteiger partial charge in [-0.2, -0.15) is 0 Å². The first-order valence-corrected chi connectivity index (χ1v) is 7.28. The molecule has 2 N–H and O–H groups in total. The highest BCUT2D eigenvalue weighted by molar-refractivity contribution is 5.76. The van der Waals surface area contributed by atoms with E-state index < -0.39 is 0 Å². The summed E-state index contributed by atoms with van der Waals surface area (Å²) in [6.45, 7) is 6.18. The smallest absolute Gasteiger partial charge is 0.123 e. The van der Waals surface area contributed by atoms with E-state index in [1.807, 2.05) is 13.8 Å². The van der Waals surface area contributed by atoms with Crippen molar-refractivity contribution in [3.8, 4) is 22.6 Å². The van der Waals surface area contributed by atoms with Crippen LogP contribution in [0.25, 0.3) is 11.1 Å². The summed E-state index contributed by atoms with van der Waals surface area (Å²) in [6.07, 6.45) is 2.49. The van der Waals surface area contributed by atoms with Crippen molar-refractivity contribution < 1.29 is 10.2 Å². The second-order valence-corrected chi connectivity index (χ2v) is 5.00. The van der Waals surface area contributed by atoms with Crippen molar-refractivity contribution in [2.75, 3.05) is 0 Å². The van der Waals surface area contributed by atoms with E-state index in [4.69, 9.17) is 0 Å². The van der Waals surface area contributed by atoms with Crippen molar-refractivity contribution in [2.24, 2.45) is 0 Å². The van der Waals surface area contributed by atoms with Crippen molar-refractivity contribution >= 4 is 0 Å². The van der Waals surface area contributed by atoms with Crippen LogP contribution in [-0.2, 0) is 19.3 Å². The largest absolute Gasteiger partial charge is 0.508 e. The Balaban J connectivity index is 2.69. The normalized spacial score (nSPS) is 10.8. The molecule has 0 amide bonds. The average Bonchev–Trinajstić information content (AvgIpc) is 2.46. The number of hydrogen-bond acceptors (Lipinski definition) is 2. The third-order valence-corrected chi connectivity index (χ3v) is 3.85. The molecule has 0 aliphatic heterocycles. The molecule has 0 unspecified atom stereocenters. The minimum absolute atomic E-state index is 0.178. The van der Waals surface area contributed by atoms with Gasteiger partial charge in [-0.25, -0.2) is 0 Å². The van der Waals surface area contributed by atoms with Crippen LogP contribution in [0.3, 0.4) is 0 Å². The van der Waals surface area contributed by atoms with Gasteiger partial charge >= 0.3 is 0 Å². The van der Waals surface area contributed by atoms with Crippen LogP contribution in [-0.4, -0.2) is 10.2 Å². The molecule has 2 aromatic rings. The fourth-order valence-corrected chi connectivity index (χ4v) is 2.71. The van der Waals surface area contributed by atoms with Crippen LogP contribution in [0, 0.1) is 0 Å². The molecule has 0 spiro atoms. The summed E-state index contributed by atoms with van der Waals surface area (Å²) in [4.78, 5) is 0. The Bertz CT molecular complexity index is 570. The third kappa shape index (κ3) is 2.51. The van der Waals surface area contributed by atoms with E-state index in [9.17, 15) is 10.2 Å². The van der Waals surface area contributed by atoms with Crippen LogP contribution in [0.15, 0.2) is 30.3 Å². The summed E-state index contributed by atoms with van der Waals surface area (Å²) < 4.78 is 0. The molecule has 106 valence electrons. The molecule has 0 aliphatic carbocycles. The van der Waals surface area contributed by atoms with Gasteiger partial charge in [0.2, 0.25) is 0 Å². The van der Waals surface area contributed by atoms with Gasteiger partial charge in [-0.3, -0.25) is 0 Å². The number of benzene rings is 2. The quantitative estimate of drug-likeness (QED) is 0.861. The molecule has 0 bridgehead atoms. The molecule has 0 atom stereocenters. The van der Waals surface area contributed by atoms with E-state index in [1.54, 1.807) is 0 Å². The minimum Gasteiger partial charge on any atom is -0.508 e. The van der Waals surface area contributed by atoms with Gasteiger partial charge in [-0.15, -0.1) is 0 Å². The lowest BCUT2D eigenvalue weighted by Gasteiger charge is -2.17. The Hall–Kier alpha value is -1.96. The summed E-state index contributed by atoms with van der Waals surface area (Å²) in [5.41, 5.74) is 5.14. The van der Waals surface area contributed by atoms with Gasteiger partial charge in [0, 0.05) is 17.2 Å². The number of rotatable bonds is 4. The molecule has 0 heterocycles. The number of phenolic OH excluding ortho intramolecular Hbond substituents is 2. The molecule has 0 fully saturated rings. The van der Waals surface area contributed by atoms with E-state index in [1.165, 1.54) is 11.6 Å². The van der Waals surface area contributed by atoms with Crippen LogP contribution >= 0.6 is 0 Å². The second-order valence-electron chi connectivity index (χ2n) is 5.00. The van der Waals surface area contributed by atoms with E-state index >= 15 is 0 Å². The molecule has 0 radical (unpaired) electrons. The Morgan fingerprint density at radius 3 is 1.65 bits per heavy atom. The first-order chi connectivity index (χ1) is 9.62. The maximum Gasteiger partial charge on any atom is 0.123 e. The van der Waals surface area contributed by atoms with Gasteiger partial charge in [0.25, 0.3) is 0 Å². The highest BCUT2D eigenvalue weighted by Gasteiger charge is 2.16. The van der Waals surface area contributed by atoms with Crippen molar-refractivity contribution in [1.29, 1.82) is 0 Å². The first-order valence-electron chi connectivity index (χ1n) is 7.28. The minimum atomic E-state index is 0.178. The molecule has 0 saturated heterocycles. The summed E-state index contributed by atoms with van der Waals surface area (Å²) >= 11 is 0. The van der Waals surface area contributed by atoms with Crippen LogP contribution in [0.1, 0.15) is 37.5 Å². The number of phenols is 2. The standard InChI is InChI=1S/C18H22O2/c1-4-12-7-9-13(10-8-12)18-14(5-2)16(19)11-17(20)15(18)6-3/h7-11,19-20H,4-6H2,1-3H3. The molecular formula is C18H22O2. The van der Waals surface area contributed by atoms with E-state index in [2.05, 4.69) is 31.2 Å². The topological polar surface area (TPSA) is 40.5 Å². The lowest BCUT2D eigenvalue weighted by molar-refractivity contribution is 0.443. The van der Waals surface area contributed by atoms with Crippen LogP contribution in [0.5, 0.6) is 11.5 Å². The molecule has 2 nitrogen and oxygen atoms in total. The highest BCUT2D eigenvalue weighted by atomic mass is 16.3. The van der Waals surface area contributed by atoms with E-state index in [0.717, 1.165) is 41.5 Å². The molecule has 2 rings (SSSR count). The van der Waals surface area contributed by atoms with Crippen molar-refractivity contribution in [3.63, 3.8) is 0 Å². The number of aryl methyl sites for hydroxylation is 1. The summed E-state index contributed by atoms with van der Waals surface area (Å²) in [7, 11) is 0. The number of aromatic hydroxyl groups is 2. The fraction of sp³-hybridized carbons (Fsp3) is 0.333. The van der Waals surface area contributed by atoms with Gasteiger partial charge in [0.15, 0.2) is 0 Å². The Labute approximate surface area is 120 Å². The van der Waals surface area contributed by atoms with Gasteiger partial charge in [0.05, 0.1) is 0 Å². The molecular weight excluding hydrogens is 248 g/mol. The van der Waals surface area contributed by atoms with Crippen molar-refractivity contribution in [3.05, 3.63) is 47.0 Å². The van der Waals surface area contributed by atoms with Crippen LogP contribution in [0.4, 0.5) is 0 Å². The third-order valence-electron chi connectivity index (χ3n) is 3.85. The zero-order valence-electron chi connectivity index (χ0n) is 12.4. The molecule has 2 aromatic carbocycles. The predicted molar refractivity (Wildman–Crippen MR) is 83.3 cm³/mol. The average molecular weight is 270 g/mol. The maximum atomic E-state index is 10.1. The van der Waals surface area contributed by atoms with Crippen molar-refractivity contribution in [1.82, 2.24) is 0 Å². The van der Waals surface area contributed by atoms with E-state index in [0.29, 0.717) is 0 Å². The maximum absolute atomic E-state index is 10.1. The molecule has 0 aliphatic rings. The monoisotopic (exact) mass is 270 g/mol. The zero-order chi connectivity index (χ0) is 14.7. The summed E-state index contributed by atoms with van der Waals surface area (Å²) in [5, 5.41) is 20.2. The predicted octanol–water partition coefficient (Wildman–Crippen LogP) is 4.45. The first kappa shape index (κ1) is 14.4. The fourth-order valence-electron chi connectivity index (χ4n) is 2.71. The second kappa shape index (κ2) is 6.00. The van der Waals surface area contributed by atoms with Gasteiger partial charge < -0.3 is 10.2 Å².